The Bertz CT molecular complexity index is 804. The summed E-state index contributed by atoms with van der Waals surface area (Å²) >= 11 is 0. The van der Waals surface area contributed by atoms with E-state index < -0.39 is 42.2 Å². The lowest BCUT2D eigenvalue weighted by Gasteiger charge is -2.17. The van der Waals surface area contributed by atoms with Gasteiger partial charge in [0.25, 0.3) is 0 Å². The lowest BCUT2D eigenvalue weighted by Crippen LogP contribution is -2.37. The summed E-state index contributed by atoms with van der Waals surface area (Å²) in [5, 5.41) is 34.3. The molecule has 2 rings (SSSR count). The quantitative estimate of drug-likeness (QED) is 0.135. The highest BCUT2D eigenvalue weighted by atomic mass is 16.6. The monoisotopic (exact) mass is 457 g/mol. The first-order valence-corrected chi connectivity index (χ1v) is 10.6. The molecular weight excluding hydrogens is 426 g/mol. The molecule has 1 aliphatic heterocycles. The Morgan fingerprint density at radius 1 is 1.22 bits per heavy atom. The molecule has 4 atom stereocenters. The summed E-state index contributed by atoms with van der Waals surface area (Å²) in [6.45, 7) is 2.50. The van der Waals surface area contributed by atoms with Gasteiger partial charge in [-0.15, -0.1) is 0 Å². The summed E-state index contributed by atoms with van der Waals surface area (Å²) in [4.78, 5) is 38.7. The number of rotatable bonds is 12. The number of nitrogens with zero attached hydrogens (tertiary/aromatic N) is 2. The molecule has 13 nitrogen and oxygen atoms in total. The molecule has 1 fully saturated rings. The Morgan fingerprint density at radius 3 is 2.66 bits per heavy atom. The molecule has 0 bridgehead atoms. The molecule has 32 heavy (non-hydrogen) atoms. The molecule has 6 N–H and O–H groups in total. The Labute approximate surface area is 184 Å². The first-order valence-electron chi connectivity index (χ1n) is 10.6. The van der Waals surface area contributed by atoms with Crippen molar-refractivity contribution in [2.45, 2.75) is 63.6 Å². The van der Waals surface area contributed by atoms with Crippen molar-refractivity contribution in [2.24, 2.45) is 0 Å². The summed E-state index contributed by atoms with van der Waals surface area (Å²) in [5.41, 5.74) is 0.911. The number of nitrogens with one attached hydrogen (secondary N) is 3. The van der Waals surface area contributed by atoms with Gasteiger partial charge in [0, 0.05) is 25.7 Å². The second-order valence-electron chi connectivity index (χ2n) is 7.30. The highest BCUT2D eigenvalue weighted by Crippen LogP contribution is 2.28. The van der Waals surface area contributed by atoms with Crippen LogP contribution in [0.4, 0.5) is 10.6 Å². The van der Waals surface area contributed by atoms with E-state index in [0.29, 0.717) is 31.7 Å². The van der Waals surface area contributed by atoms with E-state index in [-0.39, 0.29) is 13.0 Å². The number of aliphatic hydroxyl groups is 2. The van der Waals surface area contributed by atoms with Gasteiger partial charge >= 0.3 is 11.8 Å². The predicted molar refractivity (Wildman–Crippen MR) is 111 cm³/mol. The van der Waals surface area contributed by atoms with Crippen LogP contribution in [0.1, 0.15) is 45.3 Å². The number of amides is 2. The van der Waals surface area contributed by atoms with Crippen LogP contribution in [0.2, 0.25) is 0 Å². The third kappa shape index (κ3) is 7.44. The molecule has 180 valence electrons. The van der Waals surface area contributed by atoms with Crippen LogP contribution < -0.4 is 21.8 Å². The maximum atomic E-state index is 12.2. The molecule has 0 aliphatic carbocycles. The van der Waals surface area contributed by atoms with Crippen LogP contribution in [-0.2, 0) is 14.3 Å². The van der Waals surface area contributed by atoms with Crippen LogP contribution >= 0.6 is 0 Å². The third-order valence-corrected chi connectivity index (χ3v) is 4.90. The van der Waals surface area contributed by atoms with Gasteiger partial charge in [0.2, 0.25) is 5.91 Å². The second-order valence-corrected chi connectivity index (χ2v) is 7.30. The molecular formula is C19H31N5O8. The van der Waals surface area contributed by atoms with Crippen LogP contribution in [-0.4, -0.2) is 75.0 Å². The van der Waals surface area contributed by atoms with Crippen molar-refractivity contribution in [1.29, 1.82) is 0 Å². The van der Waals surface area contributed by atoms with Crippen LogP contribution in [0.5, 0.6) is 0 Å². The van der Waals surface area contributed by atoms with Crippen molar-refractivity contribution < 1.29 is 34.5 Å². The maximum Gasteiger partial charge on any atom is 0.407 e. The number of aliphatic hydroxyl groups excluding tert-OH is 2. The lowest BCUT2D eigenvalue weighted by molar-refractivity contribution is -0.129. The van der Waals surface area contributed by atoms with Gasteiger partial charge in [0.15, 0.2) is 6.23 Å². The predicted octanol–water partition coefficient (Wildman–Crippen LogP) is -0.524. The van der Waals surface area contributed by atoms with E-state index in [9.17, 15) is 24.6 Å². The number of aromatic nitrogens is 2. The van der Waals surface area contributed by atoms with E-state index in [1.165, 1.54) is 6.20 Å². The van der Waals surface area contributed by atoms with Gasteiger partial charge in [-0.1, -0.05) is 12.8 Å². The van der Waals surface area contributed by atoms with Crippen molar-refractivity contribution >= 4 is 17.8 Å². The molecule has 0 saturated carbocycles. The maximum absolute atomic E-state index is 12.2. The first-order chi connectivity index (χ1) is 15.4. The lowest BCUT2D eigenvalue weighted by atomic mass is 10.1. The van der Waals surface area contributed by atoms with Crippen LogP contribution in [0.3, 0.4) is 0 Å². The topological polar surface area (TPSA) is 184 Å². The minimum Gasteiger partial charge on any atom is -0.447 e. The fourth-order valence-corrected chi connectivity index (χ4v) is 3.20. The van der Waals surface area contributed by atoms with E-state index in [1.807, 2.05) is 6.92 Å². The zero-order valence-electron chi connectivity index (χ0n) is 17.9. The summed E-state index contributed by atoms with van der Waals surface area (Å²) in [7, 11) is 0. The number of carbonyl (C=O) groups is 2. The molecule has 2 heterocycles. The van der Waals surface area contributed by atoms with Crippen molar-refractivity contribution in [2.75, 3.05) is 25.0 Å². The molecule has 1 aliphatic rings. The average molecular weight is 457 g/mol. The number of carbonyl (C=O) groups excluding carboxylic acids is 2. The highest BCUT2D eigenvalue weighted by Gasteiger charge is 2.44. The van der Waals surface area contributed by atoms with Crippen molar-refractivity contribution in [3.05, 3.63) is 22.7 Å². The summed E-state index contributed by atoms with van der Waals surface area (Å²) in [5.74, 6) is -0.0453. The van der Waals surface area contributed by atoms with Crippen LogP contribution in [0.25, 0.3) is 0 Å². The van der Waals surface area contributed by atoms with Gasteiger partial charge in [-0.3, -0.25) is 14.6 Å². The van der Waals surface area contributed by atoms with Gasteiger partial charge < -0.3 is 30.3 Å². The molecule has 4 unspecified atom stereocenters. The fraction of sp³-hybridized carbons (Fsp3) is 0.684. The van der Waals surface area contributed by atoms with Gasteiger partial charge in [-0.25, -0.2) is 15.1 Å². The minimum absolute atomic E-state index is 0.241. The van der Waals surface area contributed by atoms with Crippen molar-refractivity contribution in [3.63, 3.8) is 0 Å². The van der Waals surface area contributed by atoms with Gasteiger partial charge in [-0.2, -0.15) is 4.98 Å². The van der Waals surface area contributed by atoms with E-state index >= 15 is 0 Å². The molecule has 1 saturated heterocycles. The highest BCUT2D eigenvalue weighted by molar-refractivity contribution is 5.74. The zero-order valence-corrected chi connectivity index (χ0v) is 17.9. The molecule has 0 spiro atoms. The third-order valence-electron chi connectivity index (χ3n) is 4.90. The number of unbranched alkanes of at least 4 members (excludes halogenated alkanes) is 3. The van der Waals surface area contributed by atoms with Crippen LogP contribution in [0.15, 0.2) is 17.1 Å². The molecule has 1 aromatic heterocycles. The van der Waals surface area contributed by atoms with E-state index in [2.05, 4.69) is 15.6 Å². The largest absolute Gasteiger partial charge is 0.447 e. The number of hydrogen-bond donors (Lipinski definition) is 6. The van der Waals surface area contributed by atoms with E-state index in [0.717, 1.165) is 17.4 Å². The standard InChI is InChI=1S/C19H31N5O8/c1-2-20-13-8-10-24(18(28)22-13)17-16(27)15(26)12(32-17)11-31-19(29)21-9-6-4-3-5-7-14(25)23-30/h8,10,12,15-17,26-27,30H,2-7,9,11H2,1H3,(H,21,29)(H,23,25)(H,20,22,28). The Kier molecular flexibility index (Phi) is 10.3. The van der Waals surface area contributed by atoms with E-state index in [1.54, 1.807) is 11.5 Å². The summed E-state index contributed by atoms with van der Waals surface area (Å²) in [6.07, 6.45) is -1.12. The minimum atomic E-state index is -1.40. The molecule has 1 aromatic rings. The Balaban J connectivity index is 1.72. The number of alkyl carbamates (subject to hydrolysis) is 1. The molecule has 0 aromatic carbocycles. The average Bonchev–Trinajstić information content (AvgIpc) is 3.05. The first kappa shape index (κ1) is 25.5. The van der Waals surface area contributed by atoms with Gasteiger partial charge in [0.1, 0.15) is 30.7 Å². The zero-order chi connectivity index (χ0) is 23.5. The normalized spacial score (nSPS) is 22.4. The number of hydrogen-bond acceptors (Lipinski definition) is 10. The second kappa shape index (κ2) is 13.0. The van der Waals surface area contributed by atoms with Gasteiger partial charge in [-0.05, 0) is 25.8 Å². The number of ether oxygens (including phenoxy) is 2. The van der Waals surface area contributed by atoms with Gasteiger partial charge in [0.05, 0.1) is 0 Å². The summed E-state index contributed by atoms with van der Waals surface area (Å²) < 4.78 is 11.7. The smallest absolute Gasteiger partial charge is 0.407 e. The summed E-state index contributed by atoms with van der Waals surface area (Å²) in [6, 6.07) is 1.55. The van der Waals surface area contributed by atoms with E-state index in [4.69, 9.17) is 14.7 Å². The molecule has 2 amide bonds. The Hall–Kier alpha value is -2.74. The number of hydroxylamine groups is 1. The molecule has 13 heteroatoms. The van der Waals surface area contributed by atoms with Crippen molar-refractivity contribution in [1.82, 2.24) is 20.3 Å². The fourth-order valence-electron chi connectivity index (χ4n) is 3.20. The number of anilines is 1. The van der Waals surface area contributed by atoms with Crippen molar-refractivity contribution in [3.8, 4) is 0 Å². The molecule has 0 radical (unpaired) electrons. The SMILES string of the molecule is CCNc1ccn(C2OC(COC(=O)NCCCCCCC(=O)NO)C(O)C2O)c(=O)n1. The Morgan fingerprint density at radius 2 is 1.97 bits per heavy atom. The van der Waals surface area contributed by atoms with Crippen LogP contribution in [0, 0.1) is 0 Å².